The van der Waals surface area contributed by atoms with Crippen molar-refractivity contribution in [2.45, 2.75) is 52.6 Å². The third kappa shape index (κ3) is 5.81. The Bertz CT molecular complexity index is 940. The monoisotopic (exact) mass is 442 g/mol. The van der Waals surface area contributed by atoms with E-state index in [0.29, 0.717) is 49.2 Å². The molecule has 1 N–H and O–H groups in total. The van der Waals surface area contributed by atoms with E-state index < -0.39 is 0 Å². The molecule has 3 rings (SSSR count). The first-order valence-electron chi connectivity index (χ1n) is 11.3. The Kier molecular flexibility index (Phi) is 8.14. The SMILES string of the molecule is CCn1nc(C)cc1C(=O)N1CCC[C@@H](CCC(=O)NCc2ccc(OC)cc2OC)C1. The van der Waals surface area contributed by atoms with Gasteiger partial charge in [0.25, 0.3) is 5.91 Å². The molecule has 1 aliphatic rings. The molecule has 1 fully saturated rings. The van der Waals surface area contributed by atoms with Crippen LogP contribution in [0.4, 0.5) is 0 Å². The Balaban J connectivity index is 1.49. The summed E-state index contributed by atoms with van der Waals surface area (Å²) in [7, 11) is 3.21. The number of rotatable bonds is 9. The fourth-order valence-corrected chi connectivity index (χ4v) is 4.22. The minimum atomic E-state index is 0.00556. The van der Waals surface area contributed by atoms with E-state index in [9.17, 15) is 9.59 Å². The molecule has 0 radical (unpaired) electrons. The first-order chi connectivity index (χ1) is 15.4. The van der Waals surface area contributed by atoms with Crippen LogP contribution in [-0.4, -0.2) is 53.8 Å². The van der Waals surface area contributed by atoms with E-state index >= 15 is 0 Å². The van der Waals surface area contributed by atoms with Gasteiger partial charge in [-0.25, -0.2) is 0 Å². The van der Waals surface area contributed by atoms with Gasteiger partial charge in [0.05, 0.1) is 19.9 Å². The summed E-state index contributed by atoms with van der Waals surface area (Å²) >= 11 is 0. The number of aromatic nitrogens is 2. The number of amides is 2. The molecule has 1 aromatic heterocycles. The Morgan fingerprint density at radius 2 is 2.03 bits per heavy atom. The van der Waals surface area contributed by atoms with Crippen LogP contribution in [0.5, 0.6) is 11.5 Å². The number of ether oxygens (including phenoxy) is 2. The molecule has 2 aromatic rings. The van der Waals surface area contributed by atoms with E-state index in [1.807, 2.05) is 36.9 Å². The van der Waals surface area contributed by atoms with E-state index in [2.05, 4.69) is 10.4 Å². The quantitative estimate of drug-likeness (QED) is 0.645. The Morgan fingerprint density at radius 1 is 1.22 bits per heavy atom. The van der Waals surface area contributed by atoms with E-state index in [1.54, 1.807) is 25.0 Å². The molecule has 8 heteroatoms. The van der Waals surface area contributed by atoms with Gasteiger partial charge in [0.15, 0.2) is 0 Å². The Morgan fingerprint density at radius 3 is 2.75 bits per heavy atom. The second kappa shape index (κ2) is 11.0. The van der Waals surface area contributed by atoms with Crippen molar-refractivity contribution >= 4 is 11.8 Å². The topological polar surface area (TPSA) is 85.7 Å². The highest BCUT2D eigenvalue weighted by atomic mass is 16.5. The number of nitrogens with zero attached hydrogens (tertiary/aromatic N) is 3. The van der Waals surface area contributed by atoms with Crippen LogP contribution in [-0.2, 0) is 17.9 Å². The summed E-state index contributed by atoms with van der Waals surface area (Å²) in [5.74, 6) is 1.77. The average molecular weight is 443 g/mol. The van der Waals surface area contributed by atoms with Crippen LogP contribution in [0, 0.1) is 12.8 Å². The molecule has 1 atom stereocenters. The molecular formula is C24H34N4O4. The standard InChI is InChI=1S/C24H34N4O4/c1-5-28-21(13-17(2)26-28)24(30)27-12-6-7-18(16-27)8-11-23(29)25-15-19-9-10-20(31-3)14-22(19)32-4/h9-10,13-14,18H,5-8,11-12,15-16H2,1-4H3,(H,25,29)/t18-/m0/s1. The van der Waals surface area contributed by atoms with Crippen molar-refractivity contribution < 1.29 is 19.1 Å². The van der Waals surface area contributed by atoms with Gasteiger partial charge in [-0.2, -0.15) is 5.10 Å². The van der Waals surface area contributed by atoms with Crippen molar-refractivity contribution in [1.82, 2.24) is 20.0 Å². The summed E-state index contributed by atoms with van der Waals surface area (Å²) in [6.07, 6.45) is 3.20. The predicted octanol–water partition coefficient (Wildman–Crippen LogP) is 3.18. The molecular weight excluding hydrogens is 408 g/mol. The number of hydrogen-bond donors (Lipinski definition) is 1. The molecule has 8 nitrogen and oxygen atoms in total. The molecule has 0 saturated carbocycles. The van der Waals surface area contributed by atoms with E-state index in [0.717, 1.165) is 37.1 Å². The van der Waals surface area contributed by atoms with Crippen molar-refractivity contribution in [2.75, 3.05) is 27.3 Å². The van der Waals surface area contributed by atoms with E-state index in [4.69, 9.17) is 9.47 Å². The lowest BCUT2D eigenvalue weighted by Crippen LogP contribution is -2.41. The first-order valence-corrected chi connectivity index (χ1v) is 11.3. The Hall–Kier alpha value is -3.03. The molecule has 0 unspecified atom stereocenters. The summed E-state index contributed by atoms with van der Waals surface area (Å²) in [6.45, 7) is 6.41. The first kappa shape index (κ1) is 23.6. The summed E-state index contributed by atoms with van der Waals surface area (Å²) in [4.78, 5) is 27.4. The van der Waals surface area contributed by atoms with Crippen LogP contribution < -0.4 is 14.8 Å². The van der Waals surface area contributed by atoms with Gasteiger partial charge in [-0.05, 0) is 57.2 Å². The molecule has 1 saturated heterocycles. The number of aryl methyl sites for hydroxylation is 2. The normalized spacial score (nSPS) is 16.0. The zero-order valence-corrected chi connectivity index (χ0v) is 19.5. The number of methoxy groups -OCH3 is 2. The van der Waals surface area contributed by atoms with Gasteiger partial charge in [-0.3, -0.25) is 14.3 Å². The summed E-state index contributed by atoms with van der Waals surface area (Å²) in [6, 6.07) is 7.41. The summed E-state index contributed by atoms with van der Waals surface area (Å²) in [5.41, 5.74) is 2.41. The number of nitrogens with one attached hydrogen (secondary N) is 1. The van der Waals surface area contributed by atoms with Gasteiger partial charge >= 0.3 is 0 Å². The molecule has 2 amide bonds. The van der Waals surface area contributed by atoms with Crippen LogP contribution in [0.1, 0.15) is 54.4 Å². The number of hydrogen-bond acceptors (Lipinski definition) is 5. The number of likely N-dealkylation sites (tertiary alicyclic amines) is 1. The van der Waals surface area contributed by atoms with Crippen molar-refractivity contribution in [2.24, 2.45) is 5.92 Å². The number of benzene rings is 1. The second-order valence-corrected chi connectivity index (χ2v) is 8.24. The lowest BCUT2D eigenvalue weighted by molar-refractivity contribution is -0.121. The zero-order chi connectivity index (χ0) is 23.1. The predicted molar refractivity (Wildman–Crippen MR) is 122 cm³/mol. The van der Waals surface area contributed by atoms with Crippen molar-refractivity contribution in [3.63, 3.8) is 0 Å². The maximum atomic E-state index is 13.0. The number of carbonyl (C=O) groups is 2. The van der Waals surface area contributed by atoms with Crippen molar-refractivity contribution in [1.29, 1.82) is 0 Å². The van der Waals surface area contributed by atoms with Crippen molar-refractivity contribution in [3.8, 4) is 11.5 Å². The largest absolute Gasteiger partial charge is 0.497 e. The summed E-state index contributed by atoms with van der Waals surface area (Å²) < 4.78 is 12.4. The average Bonchev–Trinajstić information content (AvgIpc) is 3.21. The van der Waals surface area contributed by atoms with Gasteiger partial charge in [0, 0.05) is 44.2 Å². The third-order valence-corrected chi connectivity index (χ3v) is 5.98. The number of carbonyl (C=O) groups excluding carboxylic acids is 2. The van der Waals surface area contributed by atoms with Gasteiger partial charge in [-0.1, -0.05) is 0 Å². The highest BCUT2D eigenvalue weighted by molar-refractivity contribution is 5.92. The van der Waals surface area contributed by atoms with Crippen LogP contribution in [0.15, 0.2) is 24.3 Å². The molecule has 32 heavy (non-hydrogen) atoms. The van der Waals surface area contributed by atoms with Crippen LogP contribution in [0.25, 0.3) is 0 Å². The summed E-state index contributed by atoms with van der Waals surface area (Å²) in [5, 5.41) is 7.37. The fourth-order valence-electron chi connectivity index (χ4n) is 4.22. The van der Waals surface area contributed by atoms with Crippen molar-refractivity contribution in [3.05, 3.63) is 41.2 Å². The lowest BCUT2D eigenvalue weighted by atomic mass is 9.93. The molecule has 0 bridgehead atoms. The lowest BCUT2D eigenvalue weighted by Gasteiger charge is -2.32. The highest BCUT2D eigenvalue weighted by Crippen LogP contribution is 2.25. The molecule has 174 valence electrons. The van der Waals surface area contributed by atoms with Gasteiger partial charge in [0.1, 0.15) is 17.2 Å². The molecule has 0 spiro atoms. The Labute approximate surface area is 189 Å². The maximum Gasteiger partial charge on any atom is 0.272 e. The third-order valence-electron chi connectivity index (χ3n) is 5.98. The van der Waals surface area contributed by atoms with E-state index in [-0.39, 0.29) is 11.8 Å². The van der Waals surface area contributed by atoms with Crippen LogP contribution in [0.2, 0.25) is 0 Å². The fraction of sp³-hybridized carbons (Fsp3) is 0.542. The second-order valence-electron chi connectivity index (χ2n) is 8.24. The minimum Gasteiger partial charge on any atom is -0.497 e. The van der Waals surface area contributed by atoms with Gasteiger partial charge in [-0.15, -0.1) is 0 Å². The highest BCUT2D eigenvalue weighted by Gasteiger charge is 2.27. The van der Waals surface area contributed by atoms with Gasteiger partial charge < -0.3 is 19.7 Å². The molecule has 2 heterocycles. The maximum absolute atomic E-state index is 13.0. The van der Waals surface area contributed by atoms with E-state index in [1.165, 1.54) is 0 Å². The molecule has 1 aromatic carbocycles. The molecule has 1 aliphatic heterocycles. The smallest absolute Gasteiger partial charge is 0.272 e. The van der Waals surface area contributed by atoms with Crippen LogP contribution in [0.3, 0.4) is 0 Å². The minimum absolute atomic E-state index is 0.00556. The number of piperidine rings is 1. The van der Waals surface area contributed by atoms with Gasteiger partial charge in [0.2, 0.25) is 5.91 Å². The zero-order valence-electron chi connectivity index (χ0n) is 19.5. The molecule has 0 aliphatic carbocycles. The van der Waals surface area contributed by atoms with Crippen LogP contribution >= 0.6 is 0 Å².